The van der Waals surface area contributed by atoms with E-state index in [1.165, 1.54) is 51.9 Å². The van der Waals surface area contributed by atoms with Crippen molar-refractivity contribution in [1.82, 2.24) is 9.80 Å². The normalized spacial score (nSPS) is 31.0. The van der Waals surface area contributed by atoms with Crippen LogP contribution < -0.4 is 0 Å². The summed E-state index contributed by atoms with van der Waals surface area (Å²) in [5, 5.41) is 0. The molecule has 0 amide bonds. The van der Waals surface area contributed by atoms with Gasteiger partial charge in [0.1, 0.15) is 0 Å². The highest BCUT2D eigenvalue weighted by atomic mass is 15.3. The highest BCUT2D eigenvalue weighted by Gasteiger charge is 2.33. The van der Waals surface area contributed by atoms with Crippen molar-refractivity contribution in [3.05, 3.63) is 0 Å². The van der Waals surface area contributed by atoms with Crippen molar-refractivity contribution >= 4 is 0 Å². The average molecular weight is 210 g/mol. The molecule has 2 saturated heterocycles. The molecule has 88 valence electrons. The van der Waals surface area contributed by atoms with Gasteiger partial charge in [-0.1, -0.05) is 6.42 Å². The molecule has 2 aliphatic rings. The molecule has 0 aromatic heterocycles. The van der Waals surface area contributed by atoms with E-state index in [-0.39, 0.29) is 0 Å². The molecule has 0 saturated carbocycles. The maximum Gasteiger partial charge on any atom is 0.0235 e. The van der Waals surface area contributed by atoms with Crippen molar-refractivity contribution in [2.24, 2.45) is 0 Å². The molecular formula is C13H26N2. The van der Waals surface area contributed by atoms with E-state index >= 15 is 0 Å². The van der Waals surface area contributed by atoms with Gasteiger partial charge >= 0.3 is 0 Å². The number of nitrogens with zero attached hydrogens (tertiary/aromatic N) is 2. The molecule has 15 heavy (non-hydrogen) atoms. The highest BCUT2D eigenvalue weighted by Crippen LogP contribution is 2.25. The Morgan fingerprint density at radius 2 is 1.60 bits per heavy atom. The smallest absolute Gasteiger partial charge is 0.0235 e. The first-order valence-electron chi connectivity index (χ1n) is 6.56. The molecule has 0 radical (unpaired) electrons. The Bertz CT molecular complexity index is 201. The number of hydrogen-bond acceptors (Lipinski definition) is 2. The summed E-state index contributed by atoms with van der Waals surface area (Å²) in [6.45, 7) is 12.3. The molecule has 0 unspecified atom stereocenters. The van der Waals surface area contributed by atoms with Crippen LogP contribution in [0.15, 0.2) is 0 Å². The van der Waals surface area contributed by atoms with E-state index in [1.807, 2.05) is 0 Å². The van der Waals surface area contributed by atoms with Gasteiger partial charge in [-0.25, -0.2) is 0 Å². The molecule has 2 fully saturated rings. The Morgan fingerprint density at radius 1 is 0.933 bits per heavy atom. The minimum Gasteiger partial charge on any atom is -0.299 e. The van der Waals surface area contributed by atoms with E-state index in [0.717, 1.165) is 6.04 Å². The fourth-order valence-electron chi connectivity index (χ4n) is 2.93. The quantitative estimate of drug-likeness (QED) is 0.655. The summed E-state index contributed by atoms with van der Waals surface area (Å²) in [5.41, 5.74) is 0.366. The van der Waals surface area contributed by atoms with Gasteiger partial charge in [-0.3, -0.25) is 9.80 Å². The minimum atomic E-state index is 0.366. The summed E-state index contributed by atoms with van der Waals surface area (Å²) in [7, 11) is 0. The zero-order chi connectivity index (χ0) is 10.9. The summed E-state index contributed by atoms with van der Waals surface area (Å²) >= 11 is 0. The fourth-order valence-corrected chi connectivity index (χ4v) is 2.93. The van der Waals surface area contributed by atoms with E-state index in [9.17, 15) is 0 Å². The third-order valence-electron chi connectivity index (χ3n) is 4.02. The lowest BCUT2D eigenvalue weighted by Gasteiger charge is -2.35. The topological polar surface area (TPSA) is 6.48 Å². The second-order valence-corrected chi connectivity index (χ2v) is 6.16. The van der Waals surface area contributed by atoms with Crippen LogP contribution in [0.5, 0.6) is 0 Å². The second kappa shape index (κ2) is 4.42. The molecule has 2 heteroatoms. The second-order valence-electron chi connectivity index (χ2n) is 6.16. The summed E-state index contributed by atoms with van der Waals surface area (Å²) in [4.78, 5) is 5.38. The van der Waals surface area contributed by atoms with Crippen LogP contribution in [0.25, 0.3) is 0 Å². The number of rotatable bonds is 1. The SMILES string of the molecule is CC(C)(C)N1CC[C@H](N2CCCCC2)C1. The standard InChI is InChI=1S/C13H26N2/c1-13(2,3)15-10-7-12(11-15)14-8-5-4-6-9-14/h12H,4-11H2,1-3H3/t12-/m0/s1. The van der Waals surface area contributed by atoms with Gasteiger partial charge in [0.05, 0.1) is 0 Å². The van der Waals surface area contributed by atoms with Gasteiger partial charge in [-0.2, -0.15) is 0 Å². The van der Waals surface area contributed by atoms with Gasteiger partial charge in [0.2, 0.25) is 0 Å². The Labute approximate surface area is 94.6 Å². The van der Waals surface area contributed by atoms with Gasteiger partial charge < -0.3 is 0 Å². The fraction of sp³-hybridized carbons (Fsp3) is 1.00. The van der Waals surface area contributed by atoms with Crippen molar-refractivity contribution in [3.63, 3.8) is 0 Å². The molecule has 0 spiro atoms. The van der Waals surface area contributed by atoms with Gasteiger partial charge in [-0.15, -0.1) is 0 Å². The van der Waals surface area contributed by atoms with Crippen LogP contribution in [0.3, 0.4) is 0 Å². The van der Waals surface area contributed by atoms with Gasteiger partial charge in [0.25, 0.3) is 0 Å². The average Bonchev–Trinajstić information content (AvgIpc) is 2.67. The Morgan fingerprint density at radius 3 is 2.13 bits per heavy atom. The predicted octanol–water partition coefficient (Wildman–Crippen LogP) is 2.35. The van der Waals surface area contributed by atoms with Crippen molar-refractivity contribution < 1.29 is 0 Å². The minimum absolute atomic E-state index is 0.366. The van der Waals surface area contributed by atoms with Gasteiger partial charge in [0.15, 0.2) is 0 Å². The third kappa shape index (κ3) is 2.73. The zero-order valence-electron chi connectivity index (χ0n) is 10.6. The summed E-state index contributed by atoms with van der Waals surface area (Å²) in [6.07, 6.45) is 5.68. The summed E-state index contributed by atoms with van der Waals surface area (Å²) in [6, 6.07) is 0.851. The first-order valence-corrected chi connectivity index (χ1v) is 6.56. The molecule has 0 bridgehead atoms. The van der Waals surface area contributed by atoms with Crippen LogP contribution in [0.1, 0.15) is 46.5 Å². The zero-order valence-corrected chi connectivity index (χ0v) is 10.6. The Hall–Kier alpha value is -0.0800. The molecule has 0 aliphatic carbocycles. The van der Waals surface area contributed by atoms with Gasteiger partial charge in [-0.05, 0) is 53.1 Å². The van der Waals surface area contributed by atoms with Crippen LogP contribution in [0.4, 0.5) is 0 Å². The molecule has 2 aliphatic heterocycles. The van der Waals surface area contributed by atoms with Gasteiger partial charge in [0, 0.05) is 24.7 Å². The van der Waals surface area contributed by atoms with Crippen molar-refractivity contribution in [1.29, 1.82) is 0 Å². The van der Waals surface area contributed by atoms with Crippen molar-refractivity contribution in [2.75, 3.05) is 26.2 Å². The molecule has 2 nitrogen and oxygen atoms in total. The van der Waals surface area contributed by atoms with Crippen molar-refractivity contribution in [3.8, 4) is 0 Å². The predicted molar refractivity (Wildman–Crippen MR) is 65.2 cm³/mol. The molecule has 0 aromatic rings. The Kier molecular flexibility index (Phi) is 3.36. The first kappa shape index (κ1) is 11.4. The molecule has 0 N–H and O–H groups in total. The molecule has 0 aromatic carbocycles. The lowest BCUT2D eigenvalue weighted by atomic mass is 10.1. The monoisotopic (exact) mass is 210 g/mol. The number of likely N-dealkylation sites (tertiary alicyclic amines) is 2. The highest BCUT2D eigenvalue weighted by molar-refractivity contribution is 4.90. The summed E-state index contributed by atoms with van der Waals surface area (Å²) < 4.78 is 0. The van der Waals surface area contributed by atoms with Crippen LogP contribution >= 0.6 is 0 Å². The maximum absolute atomic E-state index is 2.73. The Balaban J connectivity index is 1.86. The third-order valence-corrected chi connectivity index (χ3v) is 4.02. The van der Waals surface area contributed by atoms with Crippen LogP contribution in [0.2, 0.25) is 0 Å². The van der Waals surface area contributed by atoms with Crippen molar-refractivity contribution in [2.45, 2.75) is 58.0 Å². The first-order chi connectivity index (χ1) is 7.07. The number of hydrogen-bond donors (Lipinski definition) is 0. The largest absolute Gasteiger partial charge is 0.299 e. The van der Waals surface area contributed by atoms with E-state index in [1.54, 1.807) is 0 Å². The molecule has 1 atom stereocenters. The lowest BCUT2D eigenvalue weighted by Crippen LogP contribution is -2.44. The van der Waals surface area contributed by atoms with Crippen LogP contribution in [-0.4, -0.2) is 47.6 Å². The van der Waals surface area contributed by atoms with Crippen LogP contribution in [0, 0.1) is 0 Å². The maximum atomic E-state index is 2.73. The summed E-state index contributed by atoms with van der Waals surface area (Å²) in [5.74, 6) is 0. The van der Waals surface area contributed by atoms with E-state index in [0.29, 0.717) is 5.54 Å². The van der Waals surface area contributed by atoms with E-state index < -0.39 is 0 Å². The van der Waals surface area contributed by atoms with Crippen LogP contribution in [-0.2, 0) is 0 Å². The van der Waals surface area contributed by atoms with E-state index in [2.05, 4.69) is 30.6 Å². The number of piperidine rings is 1. The lowest BCUT2D eigenvalue weighted by molar-refractivity contribution is 0.130. The molecule has 2 rings (SSSR count). The van der Waals surface area contributed by atoms with E-state index in [4.69, 9.17) is 0 Å². The molecular weight excluding hydrogens is 184 g/mol. The molecule has 2 heterocycles.